The molecule has 5 nitrogen and oxygen atoms in total. The van der Waals surface area contributed by atoms with Gasteiger partial charge in [-0.15, -0.1) is 11.3 Å². The van der Waals surface area contributed by atoms with Crippen LogP contribution in [-0.2, 0) is 0 Å². The maximum absolute atomic E-state index is 5.35. The Bertz CT molecular complexity index is 688. The van der Waals surface area contributed by atoms with E-state index in [1.54, 1.807) is 11.3 Å². The first kappa shape index (κ1) is 11.2. The van der Waals surface area contributed by atoms with E-state index in [4.69, 9.17) is 4.74 Å². The second-order valence-corrected chi connectivity index (χ2v) is 4.85. The second-order valence-electron chi connectivity index (χ2n) is 3.79. The molecule has 0 spiro atoms. The number of aryl methyl sites for hydroxylation is 1. The van der Waals surface area contributed by atoms with Crippen molar-refractivity contribution in [1.82, 2.24) is 19.9 Å². The van der Waals surface area contributed by atoms with E-state index in [1.807, 2.05) is 31.4 Å². The van der Waals surface area contributed by atoms with Crippen molar-refractivity contribution < 1.29 is 4.74 Å². The number of aromatic nitrogens is 4. The number of aromatic amines is 1. The molecule has 3 aromatic rings. The molecule has 3 rings (SSSR count). The maximum atomic E-state index is 5.35. The molecule has 3 aromatic heterocycles. The summed E-state index contributed by atoms with van der Waals surface area (Å²) in [5, 5.41) is 3.00. The van der Waals surface area contributed by atoms with E-state index in [0.717, 1.165) is 22.0 Å². The fourth-order valence-electron chi connectivity index (χ4n) is 1.70. The number of nitrogens with zero attached hydrogens (tertiary/aromatic N) is 3. The van der Waals surface area contributed by atoms with Crippen LogP contribution in [-0.4, -0.2) is 26.5 Å². The molecule has 18 heavy (non-hydrogen) atoms. The van der Waals surface area contributed by atoms with Gasteiger partial charge in [0, 0.05) is 11.4 Å². The molecule has 0 aromatic carbocycles. The second kappa shape index (κ2) is 4.38. The van der Waals surface area contributed by atoms with E-state index >= 15 is 0 Å². The van der Waals surface area contributed by atoms with Gasteiger partial charge in [-0.1, -0.05) is 0 Å². The van der Waals surface area contributed by atoms with Gasteiger partial charge >= 0.3 is 0 Å². The van der Waals surface area contributed by atoms with E-state index in [2.05, 4.69) is 19.9 Å². The molecule has 0 atom stereocenters. The van der Waals surface area contributed by atoms with E-state index in [9.17, 15) is 0 Å². The maximum Gasteiger partial charge on any atom is 0.215 e. The molecule has 0 unspecified atom stereocenters. The molecule has 1 N–H and O–H groups in total. The van der Waals surface area contributed by atoms with Crippen LogP contribution in [0, 0.1) is 6.92 Å². The van der Waals surface area contributed by atoms with Crippen molar-refractivity contribution in [3.8, 4) is 17.4 Å². The number of pyridine rings is 1. The van der Waals surface area contributed by atoms with E-state index in [0.29, 0.717) is 18.1 Å². The topological polar surface area (TPSA) is 63.7 Å². The van der Waals surface area contributed by atoms with Crippen molar-refractivity contribution in [3.63, 3.8) is 0 Å². The third kappa shape index (κ3) is 1.95. The first-order valence-corrected chi connectivity index (χ1v) is 6.56. The zero-order valence-electron chi connectivity index (χ0n) is 10.1. The minimum atomic E-state index is 0.595. The lowest BCUT2D eigenvalue weighted by molar-refractivity contribution is 0.328. The smallest absolute Gasteiger partial charge is 0.215 e. The van der Waals surface area contributed by atoms with Crippen molar-refractivity contribution in [2.45, 2.75) is 13.8 Å². The SMILES string of the molecule is CCOc1ccc2[nH]c(-c3csc(C)n3)nc2n1. The van der Waals surface area contributed by atoms with E-state index in [-0.39, 0.29) is 0 Å². The summed E-state index contributed by atoms with van der Waals surface area (Å²) in [6.45, 7) is 4.50. The van der Waals surface area contributed by atoms with Gasteiger partial charge in [0.05, 0.1) is 17.1 Å². The molecule has 0 aliphatic rings. The first-order chi connectivity index (χ1) is 8.76. The fraction of sp³-hybridized carbons (Fsp3) is 0.250. The number of rotatable bonds is 3. The number of fused-ring (bicyclic) bond motifs is 1. The van der Waals surface area contributed by atoms with Crippen molar-refractivity contribution in [1.29, 1.82) is 0 Å². The molecule has 0 bridgehead atoms. The van der Waals surface area contributed by atoms with Gasteiger partial charge < -0.3 is 9.72 Å². The average Bonchev–Trinajstić information content (AvgIpc) is 2.94. The van der Waals surface area contributed by atoms with Gasteiger partial charge in [-0.25, -0.2) is 9.97 Å². The highest BCUT2D eigenvalue weighted by Crippen LogP contribution is 2.22. The number of ether oxygens (including phenoxy) is 1. The molecule has 92 valence electrons. The number of imidazole rings is 1. The highest BCUT2D eigenvalue weighted by Gasteiger charge is 2.09. The van der Waals surface area contributed by atoms with Crippen LogP contribution in [0.1, 0.15) is 11.9 Å². The largest absolute Gasteiger partial charge is 0.478 e. The van der Waals surface area contributed by atoms with Gasteiger partial charge in [-0.05, 0) is 19.9 Å². The Morgan fingerprint density at radius 1 is 1.28 bits per heavy atom. The summed E-state index contributed by atoms with van der Waals surface area (Å²) < 4.78 is 5.35. The van der Waals surface area contributed by atoms with Crippen LogP contribution in [0.25, 0.3) is 22.7 Å². The van der Waals surface area contributed by atoms with Crippen molar-refractivity contribution >= 4 is 22.5 Å². The Hall–Kier alpha value is -1.95. The van der Waals surface area contributed by atoms with Crippen LogP contribution < -0.4 is 4.74 Å². The van der Waals surface area contributed by atoms with Crippen LogP contribution in [0.3, 0.4) is 0 Å². The molecule has 3 heterocycles. The molecule has 0 aliphatic heterocycles. The molecular weight excluding hydrogens is 248 g/mol. The molecule has 0 saturated heterocycles. The lowest BCUT2D eigenvalue weighted by Gasteiger charge is -1.99. The van der Waals surface area contributed by atoms with Crippen LogP contribution in [0.5, 0.6) is 5.88 Å². The van der Waals surface area contributed by atoms with Crippen molar-refractivity contribution in [3.05, 3.63) is 22.5 Å². The fourth-order valence-corrected chi connectivity index (χ4v) is 2.29. The monoisotopic (exact) mass is 260 g/mol. The number of nitrogens with one attached hydrogen (secondary N) is 1. The summed E-state index contributed by atoms with van der Waals surface area (Å²) in [4.78, 5) is 16.4. The Morgan fingerprint density at radius 2 is 2.17 bits per heavy atom. The normalized spacial score (nSPS) is 11.0. The predicted molar refractivity (Wildman–Crippen MR) is 70.9 cm³/mol. The number of hydrogen-bond acceptors (Lipinski definition) is 5. The van der Waals surface area contributed by atoms with Gasteiger partial charge in [0.25, 0.3) is 0 Å². The molecule has 0 fully saturated rings. The number of hydrogen-bond donors (Lipinski definition) is 1. The zero-order chi connectivity index (χ0) is 12.5. The number of H-pyrrole nitrogens is 1. The first-order valence-electron chi connectivity index (χ1n) is 5.68. The standard InChI is InChI=1S/C12H12N4OS/c1-3-17-10-5-4-8-11(15-10)16-12(14-8)9-6-18-7(2)13-9/h4-6H,3H2,1-2H3,(H,14,15,16). The molecule has 0 aliphatic carbocycles. The highest BCUT2D eigenvalue weighted by molar-refractivity contribution is 7.09. The van der Waals surface area contributed by atoms with E-state index in [1.165, 1.54) is 0 Å². The molecular formula is C12H12N4OS. The molecule has 0 radical (unpaired) electrons. The van der Waals surface area contributed by atoms with Gasteiger partial charge in [-0.3, -0.25) is 0 Å². The summed E-state index contributed by atoms with van der Waals surface area (Å²) in [6, 6.07) is 3.75. The zero-order valence-corrected chi connectivity index (χ0v) is 10.9. The minimum absolute atomic E-state index is 0.595. The lowest BCUT2D eigenvalue weighted by Crippen LogP contribution is -1.93. The predicted octanol–water partition coefficient (Wildman–Crippen LogP) is 2.79. The third-order valence-corrected chi connectivity index (χ3v) is 3.25. The van der Waals surface area contributed by atoms with E-state index < -0.39 is 0 Å². The summed E-state index contributed by atoms with van der Waals surface area (Å²) in [6.07, 6.45) is 0. The average molecular weight is 260 g/mol. The van der Waals surface area contributed by atoms with Crippen LogP contribution in [0.2, 0.25) is 0 Å². The molecule has 6 heteroatoms. The Labute approximate surface area is 108 Å². The van der Waals surface area contributed by atoms with Crippen LogP contribution >= 0.6 is 11.3 Å². The van der Waals surface area contributed by atoms with Crippen LogP contribution in [0.15, 0.2) is 17.5 Å². The van der Waals surface area contributed by atoms with Gasteiger partial charge in [-0.2, -0.15) is 4.98 Å². The third-order valence-electron chi connectivity index (χ3n) is 2.47. The van der Waals surface area contributed by atoms with Gasteiger partial charge in [0.15, 0.2) is 11.5 Å². The minimum Gasteiger partial charge on any atom is -0.478 e. The van der Waals surface area contributed by atoms with Crippen molar-refractivity contribution in [2.24, 2.45) is 0 Å². The molecule has 0 amide bonds. The summed E-state index contributed by atoms with van der Waals surface area (Å²) in [5.74, 6) is 1.34. The van der Waals surface area contributed by atoms with Gasteiger partial charge in [0.1, 0.15) is 5.69 Å². The molecule has 0 saturated carbocycles. The number of thiazole rings is 1. The van der Waals surface area contributed by atoms with Crippen LogP contribution in [0.4, 0.5) is 0 Å². The summed E-state index contributed by atoms with van der Waals surface area (Å²) in [5.41, 5.74) is 2.40. The highest BCUT2D eigenvalue weighted by atomic mass is 32.1. The van der Waals surface area contributed by atoms with Gasteiger partial charge in [0.2, 0.25) is 5.88 Å². The quantitative estimate of drug-likeness (QED) is 0.786. The Kier molecular flexibility index (Phi) is 2.71. The summed E-state index contributed by atoms with van der Waals surface area (Å²) >= 11 is 1.60. The van der Waals surface area contributed by atoms with Crippen molar-refractivity contribution in [2.75, 3.05) is 6.61 Å². The lowest BCUT2D eigenvalue weighted by atomic mass is 10.4. The summed E-state index contributed by atoms with van der Waals surface area (Å²) in [7, 11) is 0. The Morgan fingerprint density at radius 3 is 2.89 bits per heavy atom. The Balaban J connectivity index is 2.05.